The molecule has 0 N–H and O–H groups in total. The molecule has 0 fully saturated rings. The third-order valence-electron chi connectivity index (χ3n) is 3.08. The molecule has 0 atom stereocenters. The predicted molar refractivity (Wildman–Crippen MR) is 86.6 cm³/mol. The summed E-state index contributed by atoms with van der Waals surface area (Å²) in [5, 5.41) is 19.5. The van der Waals surface area contributed by atoms with Gasteiger partial charge in [-0.3, -0.25) is 10.1 Å². The van der Waals surface area contributed by atoms with Crippen LogP contribution in [0.25, 0.3) is 11.6 Å². The Balaban J connectivity index is 2.43. The molecule has 0 saturated heterocycles. The molecule has 0 aliphatic carbocycles. The number of hydrogen-bond acceptors (Lipinski definition) is 6. The summed E-state index contributed by atoms with van der Waals surface area (Å²) in [4.78, 5) is 26.3. The molecule has 0 amide bonds. The maximum Gasteiger partial charge on any atom is 0.340 e. The number of benzene rings is 1. The first-order valence-electron chi connectivity index (χ1n) is 7.05. The summed E-state index contributed by atoms with van der Waals surface area (Å²) < 4.78 is 5.02. The molecule has 2 aromatic rings. The average Bonchev–Trinajstić information content (AvgIpc) is 2.60. The van der Waals surface area contributed by atoms with E-state index in [1.807, 2.05) is 6.07 Å². The molecule has 0 radical (unpaired) electrons. The molecule has 7 heteroatoms. The Labute approximate surface area is 138 Å². The van der Waals surface area contributed by atoms with E-state index < -0.39 is 10.9 Å². The number of aromatic nitrogens is 1. The number of nitro groups is 1. The molecule has 1 aromatic carbocycles. The van der Waals surface area contributed by atoms with E-state index in [0.717, 1.165) is 6.20 Å². The maximum atomic E-state index is 12.2. The Morgan fingerprint density at radius 2 is 2.04 bits per heavy atom. The van der Waals surface area contributed by atoms with Crippen molar-refractivity contribution >= 4 is 23.3 Å². The molecule has 1 aromatic heterocycles. The second-order valence-corrected chi connectivity index (χ2v) is 4.67. The van der Waals surface area contributed by atoms with Gasteiger partial charge >= 0.3 is 5.97 Å². The van der Waals surface area contributed by atoms with E-state index in [1.165, 1.54) is 12.1 Å². The van der Waals surface area contributed by atoms with E-state index in [1.54, 1.807) is 37.3 Å². The third-order valence-corrected chi connectivity index (χ3v) is 3.08. The van der Waals surface area contributed by atoms with Crippen LogP contribution in [-0.4, -0.2) is 22.5 Å². The average molecular weight is 323 g/mol. The van der Waals surface area contributed by atoms with E-state index in [0.29, 0.717) is 11.1 Å². The van der Waals surface area contributed by atoms with Gasteiger partial charge in [-0.25, -0.2) is 9.78 Å². The largest absolute Gasteiger partial charge is 0.462 e. The van der Waals surface area contributed by atoms with Gasteiger partial charge in [-0.05, 0) is 36.8 Å². The van der Waals surface area contributed by atoms with E-state index in [2.05, 4.69) is 4.98 Å². The molecule has 0 spiro atoms. The van der Waals surface area contributed by atoms with Crippen LogP contribution in [0.1, 0.15) is 23.7 Å². The molecule has 0 aliphatic heterocycles. The number of esters is 1. The number of hydrogen-bond donors (Lipinski definition) is 0. The Morgan fingerprint density at radius 1 is 1.33 bits per heavy atom. The van der Waals surface area contributed by atoms with Crippen molar-refractivity contribution in [2.75, 3.05) is 6.61 Å². The molecule has 7 nitrogen and oxygen atoms in total. The zero-order valence-electron chi connectivity index (χ0n) is 12.8. The summed E-state index contributed by atoms with van der Waals surface area (Å²) in [6.07, 6.45) is 2.65. The van der Waals surface area contributed by atoms with Crippen LogP contribution in [0.3, 0.4) is 0 Å². The highest BCUT2D eigenvalue weighted by molar-refractivity contribution is 6.21. The fourth-order valence-electron chi connectivity index (χ4n) is 1.92. The van der Waals surface area contributed by atoms with Gasteiger partial charge in [0.05, 0.1) is 34.4 Å². The highest BCUT2D eigenvalue weighted by Gasteiger charge is 2.16. The summed E-state index contributed by atoms with van der Waals surface area (Å²) >= 11 is 0. The number of carbonyl (C=O) groups excluding carboxylic acids is 1. The molecule has 120 valence electrons. The van der Waals surface area contributed by atoms with Gasteiger partial charge in [0.15, 0.2) is 0 Å². The zero-order chi connectivity index (χ0) is 17.5. The van der Waals surface area contributed by atoms with Crippen LogP contribution in [0.15, 0.2) is 42.6 Å². The van der Waals surface area contributed by atoms with Crippen molar-refractivity contribution in [3.63, 3.8) is 0 Å². The number of ether oxygens (including phenoxy) is 1. The quantitative estimate of drug-likeness (QED) is 0.362. The highest BCUT2D eigenvalue weighted by atomic mass is 16.6. The van der Waals surface area contributed by atoms with E-state index >= 15 is 0 Å². The standard InChI is InChI=1S/C17H13N3O4/c1-2-24-17(21)15(9-12-3-5-13(10-18)6-4-12)16-8-7-14(11-19-16)20(22)23/h3-9,11H,2H2,1H3. The van der Waals surface area contributed by atoms with Crippen molar-refractivity contribution in [1.29, 1.82) is 5.26 Å². The van der Waals surface area contributed by atoms with Gasteiger partial charge in [0, 0.05) is 6.07 Å². The third kappa shape index (κ3) is 4.01. The van der Waals surface area contributed by atoms with Gasteiger partial charge in [0.1, 0.15) is 6.20 Å². The first-order chi connectivity index (χ1) is 11.5. The molecule has 0 unspecified atom stereocenters. The lowest BCUT2D eigenvalue weighted by Crippen LogP contribution is -2.08. The maximum absolute atomic E-state index is 12.2. The molecule has 24 heavy (non-hydrogen) atoms. The van der Waals surface area contributed by atoms with Gasteiger partial charge in [-0.15, -0.1) is 0 Å². The van der Waals surface area contributed by atoms with Gasteiger partial charge in [0.25, 0.3) is 5.69 Å². The second kappa shape index (κ2) is 7.65. The molecule has 0 bridgehead atoms. The molecule has 1 heterocycles. The number of pyridine rings is 1. The van der Waals surface area contributed by atoms with Crippen LogP contribution < -0.4 is 0 Å². The van der Waals surface area contributed by atoms with Gasteiger partial charge in [-0.1, -0.05) is 12.1 Å². The summed E-state index contributed by atoms with van der Waals surface area (Å²) in [7, 11) is 0. The van der Waals surface area contributed by atoms with Crippen LogP contribution in [0, 0.1) is 21.4 Å². The van der Waals surface area contributed by atoms with Crippen molar-refractivity contribution in [2.45, 2.75) is 6.92 Å². The molecular weight excluding hydrogens is 310 g/mol. The predicted octanol–water partition coefficient (Wildman–Crippen LogP) is 2.97. The molecular formula is C17H13N3O4. The van der Waals surface area contributed by atoms with E-state index in [4.69, 9.17) is 10.00 Å². The van der Waals surface area contributed by atoms with Crippen LogP contribution >= 0.6 is 0 Å². The minimum atomic E-state index is -0.580. The van der Waals surface area contributed by atoms with Crippen LogP contribution in [0.4, 0.5) is 5.69 Å². The summed E-state index contributed by atoms with van der Waals surface area (Å²) in [5.74, 6) is -0.580. The number of carbonyl (C=O) groups is 1. The minimum Gasteiger partial charge on any atom is -0.462 e. The van der Waals surface area contributed by atoms with Crippen LogP contribution in [-0.2, 0) is 9.53 Å². The van der Waals surface area contributed by atoms with Gasteiger partial charge in [-0.2, -0.15) is 5.26 Å². The fraction of sp³-hybridized carbons (Fsp3) is 0.118. The molecule has 0 aliphatic rings. The van der Waals surface area contributed by atoms with Crippen molar-refractivity contribution in [2.24, 2.45) is 0 Å². The smallest absolute Gasteiger partial charge is 0.340 e. The van der Waals surface area contributed by atoms with Gasteiger partial charge in [0.2, 0.25) is 0 Å². The van der Waals surface area contributed by atoms with E-state index in [9.17, 15) is 14.9 Å². The van der Waals surface area contributed by atoms with Crippen LogP contribution in [0.5, 0.6) is 0 Å². The molecule has 2 rings (SSSR count). The lowest BCUT2D eigenvalue weighted by molar-refractivity contribution is -0.385. The number of nitrogens with zero attached hydrogens (tertiary/aromatic N) is 3. The summed E-state index contributed by atoms with van der Waals surface area (Å²) in [6, 6.07) is 11.3. The monoisotopic (exact) mass is 323 g/mol. The summed E-state index contributed by atoms with van der Waals surface area (Å²) in [5.41, 5.74) is 1.45. The van der Waals surface area contributed by atoms with Crippen molar-refractivity contribution < 1.29 is 14.5 Å². The lowest BCUT2D eigenvalue weighted by Gasteiger charge is -2.07. The summed E-state index contributed by atoms with van der Waals surface area (Å²) in [6.45, 7) is 1.87. The van der Waals surface area contributed by atoms with Gasteiger partial charge < -0.3 is 4.74 Å². The first-order valence-corrected chi connectivity index (χ1v) is 7.05. The van der Waals surface area contributed by atoms with E-state index in [-0.39, 0.29) is 23.6 Å². The van der Waals surface area contributed by atoms with Crippen molar-refractivity contribution in [3.05, 3.63) is 69.5 Å². The fourth-order valence-corrected chi connectivity index (χ4v) is 1.92. The SMILES string of the molecule is CCOC(=O)C(=Cc1ccc(C#N)cc1)c1ccc([N+](=O)[O-])cn1. The topological polar surface area (TPSA) is 106 Å². The highest BCUT2D eigenvalue weighted by Crippen LogP contribution is 2.20. The Hall–Kier alpha value is -3.53. The van der Waals surface area contributed by atoms with Crippen molar-refractivity contribution in [1.82, 2.24) is 4.98 Å². The first kappa shape index (κ1) is 16.8. The lowest BCUT2D eigenvalue weighted by atomic mass is 10.1. The molecule has 0 saturated carbocycles. The minimum absolute atomic E-state index is 0.166. The Morgan fingerprint density at radius 3 is 2.54 bits per heavy atom. The number of nitriles is 1. The zero-order valence-corrected chi connectivity index (χ0v) is 12.8. The normalized spacial score (nSPS) is 10.8. The van der Waals surface area contributed by atoms with Crippen LogP contribution in [0.2, 0.25) is 0 Å². The second-order valence-electron chi connectivity index (χ2n) is 4.67. The number of rotatable bonds is 5. The van der Waals surface area contributed by atoms with Crippen molar-refractivity contribution in [3.8, 4) is 6.07 Å². The Bertz CT molecular complexity index is 818. The Kier molecular flexibility index (Phi) is 5.36.